The number of nitrogens with one attached hydrogen (secondary N) is 2. The zero-order valence-corrected chi connectivity index (χ0v) is 20.5. The molecule has 1 amide bonds. The predicted octanol–water partition coefficient (Wildman–Crippen LogP) is 4.57. The molecule has 0 spiro atoms. The zero-order chi connectivity index (χ0) is 25.9. The molecule has 4 aromatic rings. The Kier molecular flexibility index (Phi) is 7.15. The number of carbonyl (C=O) groups excluding carboxylic acids is 1. The van der Waals surface area contributed by atoms with Crippen molar-refractivity contribution in [3.63, 3.8) is 0 Å². The van der Waals surface area contributed by atoms with Gasteiger partial charge in [-0.15, -0.1) is 0 Å². The zero-order valence-electron chi connectivity index (χ0n) is 19.7. The molecular formula is C25H23ClF2N6O3. The first-order valence-electron chi connectivity index (χ1n) is 11.5. The van der Waals surface area contributed by atoms with Crippen molar-refractivity contribution in [2.75, 3.05) is 18.5 Å². The van der Waals surface area contributed by atoms with Gasteiger partial charge in [0.2, 0.25) is 5.95 Å². The molecule has 192 valence electrons. The van der Waals surface area contributed by atoms with E-state index in [1.807, 2.05) is 0 Å². The van der Waals surface area contributed by atoms with Crippen LogP contribution in [0, 0.1) is 5.82 Å². The Morgan fingerprint density at radius 2 is 2.11 bits per heavy atom. The second-order valence-corrected chi connectivity index (χ2v) is 9.04. The van der Waals surface area contributed by atoms with Gasteiger partial charge in [0.05, 0.1) is 35.4 Å². The van der Waals surface area contributed by atoms with E-state index in [4.69, 9.17) is 21.1 Å². The number of halogens is 3. The van der Waals surface area contributed by atoms with Crippen molar-refractivity contribution >= 4 is 34.5 Å². The molecule has 2 N–H and O–H groups in total. The Labute approximate surface area is 215 Å². The highest BCUT2D eigenvalue weighted by Crippen LogP contribution is 2.26. The van der Waals surface area contributed by atoms with Gasteiger partial charge < -0.3 is 20.1 Å². The smallest absolute Gasteiger partial charge is 0.410 e. The molecule has 12 heteroatoms. The molecule has 9 nitrogen and oxygen atoms in total. The Morgan fingerprint density at radius 3 is 2.86 bits per heavy atom. The summed E-state index contributed by atoms with van der Waals surface area (Å²) in [5, 5.41) is 10.6. The first-order chi connectivity index (χ1) is 17.9. The van der Waals surface area contributed by atoms with Crippen LogP contribution in [0.4, 0.5) is 19.5 Å². The summed E-state index contributed by atoms with van der Waals surface area (Å²) < 4.78 is 40.5. The molecule has 0 aliphatic carbocycles. The monoisotopic (exact) mass is 528 g/mol. The fourth-order valence-corrected chi connectivity index (χ4v) is 4.18. The third kappa shape index (κ3) is 5.78. The Balaban J connectivity index is 1.33. The highest BCUT2D eigenvalue weighted by molar-refractivity contribution is 6.30. The fourth-order valence-electron chi connectivity index (χ4n) is 4.06. The van der Waals surface area contributed by atoms with Gasteiger partial charge in [-0.1, -0.05) is 17.7 Å². The molecule has 0 unspecified atom stereocenters. The third-order valence-corrected chi connectivity index (χ3v) is 6.27. The lowest BCUT2D eigenvalue weighted by molar-refractivity contribution is 0.0284. The summed E-state index contributed by atoms with van der Waals surface area (Å²) >= 11 is 5.83. The average Bonchev–Trinajstić information content (AvgIpc) is 3.31. The normalized spacial score (nSPS) is 18.4. The minimum absolute atomic E-state index is 0.0258. The standard InChI is InChI=1S/C25H23ClF2N6O3/c1-34-12-16(11-30-34)23(14-3-5-18(26)19(27)8-14)33-25(35)37-17-4-2-15-10-29-24(32-22(15)9-17)31-21-6-7-36-13-20(21)28/h2-5,8-12,20-21,23H,6-7,13H2,1H3,(H,33,35)(H,29,31,32)/t20-,21-,23-/m0/s1. The molecule has 1 fully saturated rings. The Hall–Kier alpha value is -3.83. The Bertz CT molecular complexity index is 1430. The van der Waals surface area contributed by atoms with Crippen LogP contribution in [0.5, 0.6) is 5.75 Å². The largest absolute Gasteiger partial charge is 0.413 e. The van der Waals surface area contributed by atoms with Crippen molar-refractivity contribution in [2.24, 2.45) is 7.05 Å². The number of rotatable bonds is 6. The average molecular weight is 529 g/mol. The number of hydrogen-bond donors (Lipinski definition) is 2. The van der Waals surface area contributed by atoms with E-state index in [1.165, 1.54) is 12.1 Å². The number of aryl methyl sites for hydroxylation is 1. The highest BCUT2D eigenvalue weighted by atomic mass is 35.5. The molecule has 37 heavy (non-hydrogen) atoms. The lowest BCUT2D eigenvalue weighted by Crippen LogP contribution is -2.39. The van der Waals surface area contributed by atoms with E-state index in [1.54, 1.807) is 54.6 Å². The number of hydrogen-bond acceptors (Lipinski definition) is 7. The van der Waals surface area contributed by atoms with Crippen molar-refractivity contribution in [3.05, 3.63) is 77.0 Å². The first-order valence-corrected chi connectivity index (χ1v) is 11.9. The van der Waals surface area contributed by atoms with Crippen LogP contribution < -0.4 is 15.4 Å². The van der Waals surface area contributed by atoms with Crippen molar-refractivity contribution in [1.29, 1.82) is 0 Å². The van der Waals surface area contributed by atoms with Gasteiger partial charge in [0.1, 0.15) is 17.7 Å². The lowest BCUT2D eigenvalue weighted by atomic mass is 10.0. The number of fused-ring (bicyclic) bond motifs is 1. The quantitative estimate of drug-likeness (QED) is 0.378. The molecule has 1 aliphatic heterocycles. The number of anilines is 1. The van der Waals surface area contributed by atoms with Gasteiger partial charge in [0.15, 0.2) is 0 Å². The maximum absolute atomic E-state index is 14.2. The fraction of sp³-hybridized carbons (Fsp3) is 0.280. The summed E-state index contributed by atoms with van der Waals surface area (Å²) in [6, 6.07) is 8.00. The molecular weight excluding hydrogens is 506 g/mol. The molecule has 0 bridgehead atoms. The van der Waals surface area contributed by atoms with E-state index in [-0.39, 0.29) is 23.3 Å². The molecule has 2 aromatic heterocycles. The summed E-state index contributed by atoms with van der Waals surface area (Å²) in [6.07, 6.45) is 3.46. The second kappa shape index (κ2) is 10.7. The van der Waals surface area contributed by atoms with Gasteiger partial charge in [-0.2, -0.15) is 5.10 Å². The summed E-state index contributed by atoms with van der Waals surface area (Å²) in [4.78, 5) is 21.5. The van der Waals surface area contributed by atoms with Crippen molar-refractivity contribution in [1.82, 2.24) is 25.1 Å². The maximum atomic E-state index is 14.2. The van der Waals surface area contributed by atoms with Crippen molar-refractivity contribution < 1.29 is 23.0 Å². The molecule has 1 aliphatic rings. The number of aromatic nitrogens is 4. The molecule has 3 heterocycles. The van der Waals surface area contributed by atoms with Crippen LogP contribution in [-0.2, 0) is 11.8 Å². The third-order valence-electron chi connectivity index (χ3n) is 5.96. The molecule has 2 aromatic carbocycles. The minimum atomic E-state index is -1.16. The van der Waals surface area contributed by atoms with E-state index in [2.05, 4.69) is 25.7 Å². The number of nitrogens with zero attached hydrogens (tertiary/aromatic N) is 4. The van der Waals surface area contributed by atoms with Gasteiger partial charge >= 0.3 is 6.09 Å². The molecule has 3 atom stereocenters. The van der Waals surface area contributed by atoms with Crippen LogP contribution in [0.1, 0.15) is 23.6 Å². The van der Waals surface area contributed by atoms with Crippen LogP contribution in [0.25, 0.3) is 10.9 Å². The minimum Gasteiger partial charge on any atom is -0.410 e. The van der Waals surface area contributed by atoms with Crippen molar-refractivity contribution in [2.45, 2.75) is 24.7 Å². The van der Waals surface area contributed by atoms with E-state index in [0.29, 0.717) is 35.1 Å². The number of alkyl halides is 1. The second-order valence-electron chi connectivity index (χ2n) is 8.63. The summed E-state index contributed by atoms with van der Waals surface area (Å²) in [5.74, 6) is -0.108. The summed E-state index contributed by atoms with van der Waals surface area (Å²) in [7, 11) is 1.73. The van der Waals surface area contributed by atoms with Gasteiger partial charge in [-0.3, -0.25) is 4.68 Å². The molecule has 0 radical (unpaired) electrons. The number of benzene rings is 2. The topological polar surface area (TPSA) is 103 Å². The van der Waals surface area contributed by atoms with E-state index < -0.39 is 30.2 Å². The Morgan fingerprint density at radius 1 is 1.24 bits per heavy atom. The van der Waals surface area contributed by atoms with Gasteiger partial charge in [0.25, 0.3) is 0 Å². The number of carbonyl (C=O) groups is 1. The maximum Gasteiger partial charge on any atom is 0.413 e. The SMILES string of the molecule is Cn1cc([C@@H](NC(=O)Oc2ccc3cnc(N[C@H]4CCOC[C@@H]4F)nc3c2)c2ccc(Cl)c(F)c2)cn1. The lowest BCUT2D eigenvalue weighted by Gasteiger charge is -2.26. The van der Waals surface area contributed by atoms with Crippen molar-refractivity contribution in [3.8, 4) is 5.75 Å². The van der Waals surface area contributed by atoms with Crippen LogP contribution in [0.2, 0.25) is 5.02 Å². The molecule has 0 saturated carbocycles. The number of ether oxygens (including phenoxy) is 2. The van der Waals surface area contributed by atoms with Crippen LogP contribution >= 0.6 is 11.6 Å². The van der Waals surface area contributed by atoms with Crippen LogP contribution in [0.3, 0.4) is 0 Å². The van der Waals surface area contributed by atoms with E-state index >= 15 is 0 Å². The summed E-state index contributed by atoms with van der Waals surface area (Å²) in [5.41, 5.74) is 1.60. The molecule has 5 rings (SSSR count). The summed E-state index contributed by atoms with van der Waals surface area (Å²) in [6.45, 7) is 0.489. The molecule has 1 saturated heterocycles. The number of amides is 1. The van der Waals surface area contributed by atoms with Crippen LogP contribution in [-0.4, -0.2) is 51.3 Å². The van der Waals surface area contributed by atoms with Gasteiger partial charge in [-0.05, 0) is 36.2 Å². The van der Waals surface area contributed by atoms with E-state index in [9.17, 15) is 13.6 Å². The van der Waals surface area contributed by atoms with Gasteiger partial charge in [0, 0.05) is 43.1 Å². The first kappa shape index (κ1) is 24.8. The predicted molar refractivity (Wildman–Crippen MR) is 133 cm³/mol. The highest BCUT2D eigenvalue weighted by Gasteiger charge is 2.26. The van der Waals surface area contributed by atoms with Gasteiger partial charge in [-0.25, -0.2) is 23.5 Å². The van der Waals surface area contributed by atoms with Crippen LogP contribution in [0.15, 0.2) is 55.0 Å². The van der Waals surface area contributed by atoms with E-state index in [0.717, 1.165) is 0 Å².